The maximum Gasteiger partial charge on any atom is 0.238 e. The summed E-state index contributed by atoms with van der Waals surface area (Å²) < 4.78 is 0. The van der Waals surface area contributed by atoms with Crippen LogP contribution in [-0.4, -0.2) is 42.5 Å². The topological polar surface area (TPSA) is 58.4 Å². The molecule has 0 aliphatic heterocycles. The van der Waals surface area contributed by atoms with Gasteiger partial charge in [-0.1, -0.05) is 13.3 Å². The second-order valence-corrected chi connectivity index (χ2v) is 5.91. The molecule has 1 amide bonds. The first kappa shape index (κ1) is 15.4. The first-order valence-electron chi connectivity index (χ1n) is 7.18. The van der Waals surface area contributed by atoms with Crippen molar-refractivity contribution in [1.82, 2.24) is 10.2 Å². The van der Waals surface area contributed by atoms with Crippen LogP contribution in [0.1, 0.15) is 46.5 Å². The Morgan fingerprint density at radius 1 is 1.56 bits per heavy atom. The van der Waals surface area contributed by atoms with E-state index in [9.17, 15) is 4.79 Å². The van der Waals surface area contributed by atoms with Crippen molar-refractivity contribution >= 4 is 5.91 Å². The highest BCUT2D eigenvalue weighted by Crippen LogP contribution is 2.38. The number of carbonyl (C=O) groups is 1. The van der Waals surface area contributed by atoms with Crippen LogP contribution in [0.25, 0.3) is 0 Å². The molecule has 0 saturated heterocycles. The number of nitrogens with two attached hydrogens (primary N) is 1. The van der Waals surface area contributed by atoms with E-state index >= 15 is 0 Å². The fourth-order valence-electron chi connectivity index (χ4n) is 3.10. The van der Waals surface area contributed by atoms with Gasteiger partial charge in [0.05, 0.1) is 0 Å². The van der Waals surface area contributed by atoms with E-state index in [1.54, 1.807) is 0 Å². The predicted molar refractivity (Wildman–Crippen MR) is 75.3 cm³/mol. The van der Waals surface area contributed by atoms with Gasteiger partial charge in [0.25, 0.3) is 0 Å². The van der Waals surface area contributed by atoms with Crippen molar-refractivity contribution in [2.45, 2.75) is 58.0 Å². The Labute approximate surface area is 111 Å². The van der Waals surface area contributed by atoms with Crippen LogP contribution in [0.4, 0.5) is 0 Å². The molecule has 1 rings (SSSR count). The number of nitrogens with zero attached hydrogens (tertiary/aromatic N) is 1. The van der Waals surface area contributed by atoms with Gasteiger partial charge in [0, 0.05) is 6.04 Å². The molecular formula is C14H29N3O. The number of amides is 1. The standard InChI is InChI=1S/C14H29N3O/c1-5-17(4)10-8-12-7-6-9-14(12,13(15)18)16-11(2)3/h11-12,16H,5-10H2,1-4H3,(H2,15,18). The molecule has 0 radical (unpaired) electrons. The highest BCUT2D eigenvalue weighted by molar-refractivity contribution is 5.85. The summed E-state index contributed by atoms with van der Waals surface area (Å²) in [6.45, 7) is 8.41. The second-order valence-electron chi connectivity index (χ2n) is 5.91. The minimum absolute atomic E-state index is 0.169. The zero-order chi connectivity index (χ0) is 13.8. The molecule has 1 fully saturated rings. The Bertz CT molecular complexity index is 280. The number of nitrogens with one attached hydrogen (secondary N) is 1. The molecule has 0 heterocycles. The summed E-state index contributed by atoms with van der Waals surface area (Å²) in [6, 6.07) is 0.294. The Hall–Kier alpha value is -0.610. The maximum absolute atomic E-state index is 11.9. The van der Waals surface area contributed by atoms with Crippen LogP contribution in [0.5, 0.6) is 0 Å². The van der Waals surface area contributed by atoms with E-state index in [4.69, 9.17) is 5.73 Å². The van der Waals surface area contributed by atoms with Gasteiger partial charge in [-0.15, -0.1) is 0 Å². The smallest absolute Gasteiger partial charge is 0.238 e. The van der Waals surface area contributed by atoms with Gasteiger partial charge in [-0.3, -0.25) is 4.79 Å². The molecule has 106 valence electrons. The van der Waals surface area contributed by atoms with Gasteiger partial charge >= 0.3 is 0 Å². The molecule has 0 bridgehead atoms. The monoisotopic (exact) mass is 255 g/mol. The number of carbonyl (C=O) groups excluding carboxylic acids is 1. The van der Waals surface area contributed by atoms with Gasteiger partial charge in [0.15, 0.2) is 0 Å². The lowest BCUT2D eigenvalue weighted by atomic mass is 9.83. The van der Waals surface area contributed by atoms with E-state index in [1.807, 2.05) is 0 Å². The third kappa shape index (κ3) is 3.45. The quantitative estimate of drug-likeness (QED) is 0.722. The molecule has 4 nitrogen and oxygen atoms in total. The summed E-state index contributed by atoms with van der Waals surface area (Å²) in [6.07, 6.45) is 4.15. The SMILES string of the molecule is CCN(C)CCC1CCCC1(NC(C)C)C(N)=O. The van der Waals surface area contributed by atoms with Gasteiger partial charge in [-0.25, -0.2) is 0 Å². The Morgan fingerprint density at radius 3 is 2.72 bits per heavy atom. The Balaban J connectivity index is 2.71. The Kier molecular flexibility index (Phi) is 5.60. The van der Waals surface area contributed by atoms with Crippen LogP contribution in [0.15, 0.2) is 0 Å². The lowest BCUT2D eigenvalue weighted by molar-refractivity contribution is -0.126. The molecule has 1 saturated carbocycles. The molecular weight excluding hydrogens is 226 g/mol. The van der Waals surface area contributed by atoms with Crippen molar-refractivity contribution in [3.63, 3.8) is 0 Å². The van der Waals surface area contributed by atoms with Gasteiger partial charge in [0.1, 0.15) is 5.54 Å². The van der Waals surface area contributed by atoms with Gasteiger partial charge in [-0.05, 0) is 59.2 Å². The zero-order valence-corrected chi connectivity index (χ0v) is 12.3. The highest BCUT2D eigenvalue weighted by atomic mass is 16.1. The summed E-state index contributed by atoms with van der Waals surface area (Å²) >= 11 is 0. The molecule has 0 spiro atoms. The zero-order valence-electron chi connectivity index (χ0n) is 12.3. The maximum atomic E-state index is 11.9. The van der Waals surface area contributed by atoms with E-state index in [2.05, 4.69) is 38.0 Å². The van der Waals surface area contributed by atoms with E-state index < -0.39 is 5.54 Å². The molecule has 18 heavy (non-hydrogen) atoms. The van der Waals surface area contributed by atoms with E-state index in [0.717, 1.165) is 38.8 Å². The molecule has 0 aromatic heterocycles. The molecule has 1 aliphatic rings. The van der Waals surface area contributed by atoms with Crippen molar-refractivity contribution < 1.29 is 4.79 Å². The summed E-state index contributed by atoms with van der Waals surface area (Å²) in [5.74, 6) is 0.212. The lowest BCUT2D eigenvalue weighted by Crippen LogP contribution is -2.60. The number of primary amides is 1. The average molecular weight is 255 g/mol. The van der Waals surface area contributed by atoms with Crippen LogP contribution >= 0.6 is 0 Å². The third-order valence-corrected chi connectivity index (χ3v) is 4.21. The van der Waals surface area contributed by atoms with Crippen molar-refractivity contribution in [1.29, 1.82) is 0 Å². The van der Waals surface area contributed by atoms with Crippen LogP contribution < -0.4 is 11.1 Å². The van der Waals surface area contributed by atoms with Crippen LogP contribution in [-0.2, 0) is 4.79 Å². The summed E-state index contributed by atoms with van der Waals surface area (Å²) in [5, 5.41) is 3.45. The first-order chi connectivity index (χ1) is 8.42. The Morgan fingerprint density at radius 2 is 2.22 bits per heavy atom. The molecule has 2 atom stereocenters. The molecule has 2 unspecified atom stereocenters. The van der Waals surface area contributed by atoms with Crippen molar-refractivity contribution in [3.05, 3.63) is 0 Å². The molecule has 4 heteroatoms. The van der Waals surface area contributed by atoms with Crippen LogP contribution in [0, 0.1) is 5.92 Å². The average Bonchev–Trinajstić information content (AvgIpc) is 2.69. The normalized spacial score (nSPS) is 28.2. The summed E-state index contributed by atoms with van der Waals surface area (Å²) in [7, 11) is 2.12. The van der Waals surface area contributed by atoms with E-state index in [0.29, 0.717) is 12.0 Å². The summed E-state index contributed by atoms with van der Waals surface area (Å²) in [5.41, 5.74) is 5.23. The van der Waals surface area contributed by atoms with Crippen LogP contribution in [0.2, 0.25) is 0 Å². The third-order valence-electron chi connectivity index (χ3n) is 4.21. The minimum Gasteiger partial charge on any atom is -0.368 e. The summed E-state index contributed by atoms with van der Waals surface area (Å²) in [4.78, 5) is 14.2. The van der Waals surface area contributed by atoms with Crippen molar-refractivity contribution in [3.8, 4) is 0 Å². The lowest BCUT2D eigenvalue weighted by Gasteiger charge is -2.36. The largest absolute Gasteiger partial charge is 0.368 e. The second kappa shape index (κ2) is 6.53. The van der Waals surface area contributed by atoms with Crippen molar-refractivity contribution in [2.24, 2.45) is 11.7 Å². The number of hydrogen-bond donors (Lipinski definition) is 2. The van der Waals surface area contributed by atoms with E-state index in [-0.39, 0.29) is 5.91 Å². The molecule has 1 aliphatic carbocycles. The fourth-order valence-corrected chi connectivity index (χ4v) is 3.10. The number of hydrogen-bond acceptors (Lipinski definition) is 3. The molecule has 0 aromatic carbocycles. The predicted octanol–water partition coefficient (Wildman–Crippen LogP) is 1.35. The molecule has 0 aromatic rings. The van der Waals surface area contributed by atoms with Gasteiger partial charge in [-0.2, -0.15) is 0 Å². The van der Waals surface area contributed by atoms with Gasteiger partial charge < -0.3 is 16.0 Å². The number of rotatable bonds is 7. The highest BCUT2D eigenvalue weighted by Gasteiger charge is 2.47. The molecule has 3 N–H and O–H groups in total. The first-order valence-corrected chi connectivity index (χ1v) is 7.18. The van der Waals surface area contributed by atoms with Gasteiger partial charge in [0.2, 0.25) is 5.91 Å². The fraction of sp³-hybridized carbons (Fsp3) is 0.929. The van der Waals surface area contributed by atoms with Crippen LogP contribution in [0.3, 0.4) is 0 Å². The van der Waals surface area contributed by atoms with E-state index in [1.165, 1.54) is 0 Å². The minimum atomic E-state index is -0.469. The van der Waals surface area contributed by atoms with Crippen molar-refractivity contribution in [2.75, 3.05) is 20.1 Å².